The molecule has 0 N–H and O–H groups in total. The average molecular weight is 375 g/mol. The lowest BCUT2D eigenvalue weighted by atomic mass is 9.28. The van der Waals surface area contributed by atoms with Gasteiger partial charge in [0.2, 0.25) is 0 Å². The fourth-order valence-corrected chi connectivity index (χ4v) is 11.3. The summed E-state index contributed by atoms with van der Waals surface area (Å²) in [6.07, 6.45) is 26.4. The standard InChI is InChI=1S/C28H38/c1-5-23-9-21-10-24(6-2,15-23)18-27(13-21,17-23)28-14-22-11-25(7-3,19-28)16-26(8-4,12-22)20-28/h5-8,21-22H,1-4,9-20H2. The SMILES string of the molecule is C=CC12CC3CC(C=C)(C1)CC(C14CC5CC(C=C)(CC(C=C)(C5)C1)C4)(C3)C2. The predicted molar refractivity (Wildman–Crippen MR) is 118 cm³/mol. The van der Waals surface area contributed by atoms with E-state index in [0.29, 0.717) is 32.5 Å². The zero-order valence-corrected chi connectivity index (χ0v) is 17.8. The third kappa shape index (κ3) is 1.94. The van der Waals surface area contributed by atoms with E-state index in [1.807, 2.05) is 0 Å². The van der Waals surface area contributed by atoms with Crippen LogP contribution in [-0.2, 0) is 0 Å². The molecular formula is C28H38. The zero-order chi connectivity index (χ0) is 19.5. The summed E-state index contributed by atoms with van der Waals surface area (Å²) in [7, 11) is 0. The van der Waals surface area contributed by atoms with E-state index in [4.69, 9.17) is 0 Å². The van der Waals surface area contributed by atoms with E-state index >= 15 is 0 Å². The Hall–Kier alpha value is -1.04. The van der Waals surface area contributed by atoms with Crippen LogP contribution in [0.2, 0.25) is 0 Å². The molecule has 0 aromatic carbocycles. The van der Waals surface area contributed by atoms with Crippen LogP contribution >= 0.6 is 0 Å². The van der Waals surface area contributed by atoms with Crippen molar-refractivity contribution in [1.82, 2.24) is 0 Å². The first-order valence-electron chi connectivity index (χ1n) is 11.9. The van der Waals surface area contributed by atoms with Gasteiger partial charge in [0.05, 0.1) is 0 Å². The van der Waals surface area contributed by atoms with Crippen LogP contribution in [0.15, 0.2) is 50.6 Å². The first kappa shape index (κ1) is 17.8. The third-order valence-electron chi connectivity index (χ3n) is 11.2. The quantitative estimate of drug-likeness (QED) is 0.434. The maximum absolute atomic E-state index is 4.39. The molecule has 0 aliphatic heterocycles. The van der Waals surface area contributed by atoms with Crippen LogP contribution < -0.4 is 0 Å². The minimum Gasteiger partial charge on any atom is -0.103 e. The summed E-state index contributed by atoms with van der Waals surface area (Å²) in [5.41, 5.74) is 2.49. The predicted octanol–water partition coefficient (Wildman–Crippen LogP) is 7.64. The molecule has 8 rings (SSSR count). The van der Waals surface area contributed by atoms with Crippen LogP contribution in [0.1, 0.15) is 77.0 Å². The van der Waals surface area contributed by atoms with E-state index < -0.39 is 0 Å². The smallest absolute Gasteiger partial charge is 0.0105 e. The first-order chi connectivity index (χ1) is 13.3. The summed E-state index contributed by atoms with van der Waals surface area (Å²) < 4.78 is 0. The van der Waals surface area contributed by atoms with Crippen molar-refractivity contribution in [2.24, 2.45) is 44.3 Å². The lowest BCUT2D eigenvalue weighted by molar-refractivity contribution is -0.246. The molecule has 8 fully saturated rings. The highest BCUT2D eigenvalue weighted by molar-refractivity contribution is 5.29. The summed E-state index contributed by atoms with van der Waals surface area (Å²) in [6, 6.07) is 0. The van der Waals surface area contributed by atoms with Crippen LogP contribution in [-0.4, -0.2) is 0 Å². The molecular weight excluding hydrogens is 336 g/mol. The summed E-state index contributed by atoms with van der Waals surface area (Å²) in [5, 5.41) is 0. The van der Waals surface area contributed by atoms with Crippen LogP contribution in [0.3, 0.4) is 0 Å². The molecule has 8 bridgehead atoms. The molecule has 150 valence electrons. The molecule has 8 saturated carbocycles. The van der Waals surface area contributed by atoms with Gasteiger partial charge in [-0.1, -0.05) is 24.3 Å². The molecule has 0 spiro atoms. The van der Waals surface area contributed by atoms with Gasteiger partial charge in [0.25, 0.3) is 0 Å². The van der Waals surface area contributed by atoms with Gasteiger partial charge in [0, 0.05) is 0 Å². The molecule has 0 heteroatoms. The van der Waals surface area contributed by atoms with E-state index in [1.165, 1.54) is 77.0 Å². The third-order valence-corrected chi connectivity index (χ3v) is 11.2. The minimum absolute atomic E-state index is 0.375. The van der Waals surface area contributed by atoms with Crippen molar-refractivity contribution in [2.45, 2.75) is 77.0 Å². The van der Waals surface area contributed by atoms with Crippen LogP contribution in [0.5, 0.6) is 0 Å². The Morgan fingerprint density at radius 2 is 0.714 bits per heavy atom. The van der Waals surface area contributed by atoms with Crippen molar-refractivity contribution in [2.75, 3.05) is 0 Å². The molecule has 0 amide bonds. The fourth-order valence-electron chi connectivity index (χ4n) is 11.3. The second-order valence-corrected chi connectivity index (χ2v) is 12.8. The monoisotopic (exact) mass is 374 g/mol. The number of allylic oxidation sites excluding steroid dienone is 4. The molecule has 0 aromatic heterocycles. The molecule has 8 aliphatic rings. The molecule has 0 radical (unpaired) electrons. The van der Waals surface area contributed by atoms with Gasteiger partial charge in [-0.05, 0) is 121 Å². The largest absolute Gasteiger partial charge is 0.103 e. The lowest BCUT2D eigenvalue weighted by Gasteiger charge is -2.76. The Kier molecular flexibility index (Phi) is 3.17. The maximum Gasteiger partial charge on any atom is -0.0105 e. The van der Waals surface area contributed by atoms with Crippen LogP contribution in [0.25, 0.3) is 0 Å². The lowest BCUT2D eigenvalue weighted by Crippen LogP contribution is -2.67. The molecule has 4 atom stereocenters. The van der Waals surface area contributed by atoms with E-state index in [9.17, 15) is 0 Å². The molecule has 8 aliphatic carbocycles. The van der Waals surface area contributed by atoms with Gasteiger partial charge >= 0.3 is 0 Å². The Balaban J connectivity index is 1.52. The van der Waals surface area contributed by atoms with Gasteiger partial charge in [0.15, 0.2) is 0 Å². The van der Waals surface area contributed by atoms with Crippen LogP contribution in [0.4, 0.5) is 0 Å². The molecule has 0 aromatic rings. The van der Waals surface area contributed by atoms with Crippen molar-refractivity contribution in [3.05, 3.63) is 50.6 Å². The molecule has 28 heavy (non-hydrogen) atoms. The summed E-state index contributed by atoms with van der Waals surface area (Å²) in [5.74, 6) is 1.78. The summed E-state index contributed by atoms with van der Waals surface area (Å²) in [4.78, 5) is 0. The first-order valence-corrected chi connectivity index (χ1v) is 11.9. The van der Waals surface area contributed by atoms with E-state index in [-0.39, 0.29) is 0 Å². The highest BCUT2D eigenvalue weighted by atomic mass is 14.8. The Morgan fingerprint density at radius 1 is 0.429 bits per heavy atom. The van der Waals surface area contributed by atoms with Crippen molar-refractivity contribution < 1.29 is 0 Å². The normalized spacial score (nSPS) is 60.6. The van der Waals surface area contributed by atoms with Crippen LogP contribution in [0, 0.1) is 44.3 Å². The summed E-state index contributed by atoms with van der Waals surface area (Å²) in [6.45, 7) is 17.5. The highest BCUT2D eigenvalue weighted by Crippen LogP contribution is 2.82. The van der Waals surface area contributed by atoms with Gasteiger partial charge in [-0.25, -0.2) is 0 Å². The van der Waals surface area contributed by atoms with E-state index in [0.717, 1.165) is 11.8 Å². The number of hydrogen-bond acceptors (Lipinski definition) is 0. The zero-order valence-electron chi connectivity index (χ0n) is 17.8. The Bertz CT molecular complexity index is 668. The average Bonchev–Trinajstić information content (AvgIpc) is 2.66. The molecule has 0 nitrogen and oxygen atoms in total. The van der Waals surface area contributed by atoms with E-state index in [2.05, 4.69) is 50.6 Å². The minimum atomic E-state index is 0.375. The van der Waals surface area contributed by atoms with Crippen molar-refractivity contribution in [3.8, 4) is 0 Å². The van der Waals surface area contributed by atoms with Crippen molar-refractivity contribution in [3.63, 3.8) is 0 Å². The van der Waals surface area contributed by atoms with Crippen molar-refractivity contribution in [1.29, 1.82) is 0 Å². The Labute approximate surface area is 172 Å². The fraction of sp³-hybridized carbons (Fsp3) is 0.714. The second-order valence-electron chi connectivity index (χ2n) is 12.8. The van der Waals surface area contributed by atoms with Gasteiger partial charge in [-0.3, -0.25) is 0 Å². The Morgan fingerprint density at radius 3 is 0.964 bits per heavy atom. The molecule has 0 heterocycles. The van der Waals surface area contributed by atoms with Crippen molar-refractivity contribution >= 4 is 0 Å². The highest BCUT2D eigenvalue weighted by Gasteiger charge is 2.72. The van der Waals surface area contributed by atoms with Gasteiger partial charge in [-0.2, -0.15) is 0 Å². The maximum atomic E-state index is 4.39. The summed E-state index contributed by atoms with van der Waals surface area (Å²) >= 11 is 0. The van der Waals surface area contributed by atoms with Gasteiger partial charge < -0.3 is 0 Å². The molecule has 4 unspecified atom stereocenters. The van der Waals surface area contributed by atoms with Gasteiger partial charge in [-0.15, -0.1) is 26.3 Å². The van der Waals surface area contributed by atoms with Gasteiger partial charge in [0.1, 0.15) is 0 Å². The van der Waals surface area contributed by atoms with E-state index in [1.54, 1.807) is 0 Å². The second kappa shape index (κ2) is 4.98. The topological polar surface area (TPSA) is 0 Å². The number of hydrogen-bond donors (Lipinski definition) is 0. The molecule has 0 saturated heterocycles. The number of rotatable bonds is 5.